The van der Waals surface area contributed by atoms with Crippen molar-refractivity contribution in [3.8, 4) is 5.69 Å². The highest BCUT2D eigenvalue weighted by Gasteiger charge is 2.33. The van der Waals surface area contributed by atoms with Crippen molar-refractivity contribution in [2.24, 2.45) is 5.41 Å². The summed E-state index contributed by atoms with van der Waals surface area (Å²) in [4.78, 5) is 13.9. The average Bonchev–Trinajstić information content (AvgIpc) is 3.29. The Bertz CT molecular complexity index is 935. The second kappa shape index (κ2) is 7.84. The highest BCUT2D eigenvalue weighted by molar-refractivity contribution is 7.10. The van der Waals surface area contributed by atoms with Crippen molar-refractivity contribution in [1.29, 1.82) is 0 Å². The predicted molar refractivity (Wildman–Crippen MR) is 109 cm³/mol. The molecule has 3 aromatic rings. The van der Waals surface area contributed by atoms with Crippen molar-refractivity contribution in [3.05, 3.63) is 69.1 Å². The number of hydrogen-bond acceptors (Lipinski definition) is 4. The second-order valence-corrected chi connectivity index (χ2v) is 8.55. The molecule has 5 nitrogen and oxygen atoms in total. The van der Waals surface area contributed by atoms with E-state index in [1.165, 1.54) is 0 Å². The van der Waals surface area contributed by atoms with E-state index in [0.29, 0.717) is 10.7 Å². The summed E-state index contributed by atoms with van der Waals surface area (Å²) in [5, 5.41) is 19.8. The van der Waals surface area contributed by atoms with E-state index in [2.05, 4.69) is 10.4 Å². The molecule has 2 N–H and O–H groups in total. The zero-order valence-corrected chi connectivity index (χ0v) is 17.0. The lowest BCUT2D eigenvalue weighted by molar-refractivity contribution is 0.0808. The highest BCUT2D eigenvalue weighted by atomic mass is 35.5. The van der Waals surface area contributed by atoms with Gasteiger partial charge in [0, 0.05) is 21.0 Å². The molecule has 3 rings (SSSR count). The quantitative estimate of drug-likeness (QED) is 0.641. The molecule has 2 aromatic heterocycles. The van der Waals surface area contributed by atoms with Crippen LogP contribution < -0.4 is 5.32 Å². The molecular formula is C20H22ClN3O2S. The van der Waals surface area contributed by atoms with Crippen molar-refractivity contribution in [2.45, 2.75) is 26.8 Å². The van der Waals surface area contributed by atoms with Crippen LogP contribution >= 0.6 is 22.9 Å². The lowest BCUT2D eigenvalue weighted by atomic mass is 9.84. The third kappa shape index (κ3) is 4.24. The van der Waals surface area contributed by atoms with E-state index < -0.39 is 5.41 Å². The maximum Gasteiger partial charge on any atom is 0.272 e. The number of aromatic nitrogens is 2. The maximum absolute atomic E-state index is 12.9. The van der Waals surface area contributed by atoms with Crippen LogP contribution in [0.1, 0.15) is 40.9 Å². The van der Waals surface area contributed by atoms with Crippen molar-refractivity contribution in [3.63, 3.8) is 0 Å². The molecular weight excluding hydrogens is 382 g/mol. The molecule has 0 saturated heterocycles. The molecule has 0 spiro atoms. The van der Waals surface area contributed by atoms with Crippen LogP contribution in [-0.2, 0) is 0 Å². The highest BCUT2D eigenvalue weighted by Crippen LogP contribution is 2.35. The number of aliphatic hydroxyl groups is 1. The van der Waals surface area contributed by atoms with Crippen LogP contribution in [0.5, 0.6) is 0 Å². The van der Waals surface area contributed by atoms with Gasteiger partial charge in [-0.2, -0.15) is 5.10 Å². The Hall–Kier alpha value is -2.15. The maximum atomic E-state index is 12.9. The minimum atomic E-state index is -0.509. The van der Waals surface area contributed by atoms with Crippen LogP contribution in [0.25, 0.3) is 5.69 Å². The molecule has 2 heterocycles. The third-order valence-corrected chi connectivity index (χ3v) is 5.64. The number of carbonyl (C=O) groups is 1. The molecule has 0 bridgehead atoms. The van der Waals surface area contributed by atoms with Crippen LogP contribution in [0.4, 0.5) is 0 Å². The standard InChI is InChI=1S/C20H22ClN3O2S/c1-13-10-16(23-24(13)15-7-4-6-14(21)11-15)19(26)22-18(20(2,3)12-25)17-8-5-9-27-17/h4-11,18,25H,12H2,1-3H3,(H,22,26). The Morgan fingerprint density at radius 2 is 2.11 bits per heavy atom. The summed E-state index contributed by atoms with van der Waals surface area (Å²) in [6, 6.07) is 12.6. The average molecular weight is 404 g/mol. The summed E-state index contributed by atoms with van der Waals surface area (Å²) in [7, 11) is 0. The van der Waals surface area contributed by atoms with Crippen LogP contribution in [-0.4, -0.2) is 27.4 Å². The first-order valence-corrected chi connectivity index (χ1v) is 9.85. The van der Waals surface area contributed by atoms with Gasteiger partial charge in [0.15, 0.2) is 5.69 Å². The monoisotopic (exact) mass is 403 g/mol. The molecule has 27 heavy (non-hydrogen) atoms. The number of halogens is 1. The molecule has 0 fully saturated rings. The minimum absolute atomic E-state index is 0.0498. The van der Waals surface area contributed by atoms with Crippen LogP contribution in [0, 0.1) is 12.3 Å². The Kier molecular flexibility index (Phi) is 5.69. The molecule has 1 aromatic carbocycles. The molecule has 0 saturated carbocycles. The molecule has 0 radical (unpaired) electrons. The van der Waals surface area contributed by atoms with Gasteiger partial charge in [-0.3, -0.25) is 4.79 Å². The summed E-state index contributed by atoms with van der Waals surface area (Å²) in [5.74, 6) is -0.279. The van der Waals surface area contributed by atoms with Crippen molar-refractivity contribution >= 4 is 28.8 Å². The third-order valence-electron chi connectivity index (χ3n) is 4.46. The van der Waals surface area contributed by atoms with E-state index >= 15 is 0 Å². The molecule has 0 aliphatic heterocycles. The topological polar surface area (TPSA) is 67.2 Å². The zero-order valence-electron chi connectivity index (χ0n) is 15.4. The van der Waals surface area contributed by atoms with Gasteiger partial charge in [-0.05, 0) is 42.6 Å². The molecule has 1 unspecified atom stereocenters. The van der Waals surface area contributed by atoms with Gasteiger partial charge in [0.25, 0.3) is 5.91 Å². The van der Waals surface area contributed by atoms with Gasteiger partial charge in [-0.1, -0.05) is 37.6 Å². The number of nitrogens with one attached hydrogen (secondary N) is 1. The van der Waals surface area contributed by atoms with Gasteiger partial charge in [0.1, 0.15) is 0 Å². The Labute approximate surface area is 167 Å². The number of aliphatic hydroxyl groups excluding tert-OH is 1. The number of thiophene rings is 1. The van der Waals surface area contributed by atoms with Crippen molar-refractivity contribution in [2.75, 3.05) is 6.61 Å². The van der Waals surface area contributed by atoms with Gasteiger partial charge in [-0.25, -0.2) is 4.68 Å². The van der Waals surface area contributed by atoms with Gasteiger partial charge >= 0.3 is 0 Å². The summed E-state index contributed by atoms with van der Waals surface area (Å²) in [6.07, 6.45) is 0. The van der Waals surface area contributed by atoms with E-state index in [1.807, 2.05) is 50.4 Å². The van der Waals surface area contributed by atoms with E-state index in [1.54, 1.807) is 34.2 Å². The molecule has 1 amide bonds. The molecule has 0 aliphatic rings. The summed E-state index contributed by atoms with van der Waals surface area (Å²) in [5.41, 5.74) is 1.44. The van der Waals surface area contributed by atoms with Crippen LogP contribution in [0.2, 0.25) is 5.02 Å². The Balaban J connectivity index is 1.88. The van der Waals surface area contributed by atoms with Gasteiger partial charge < -0.3 is 10.4 Å². The van der Waals surface area contributed by atoms with Crippen molar-refractivity contribution in [1.82, 2.24) is 15.1 Å². The first-order chi connectivity index (χ1) is 12.8. The van der Waals surface area contributed by atoms with E-state index in [-0.39, 0.29) is 18.6 Å². The van der Waals surface area contributed by atoms with Gasteiger partial charge in [0.05, 0.1) is 18.3 Å². The van der Waals surface area contributed by atoms with E-state index in [0.717, 1.165) is 16.3 Å². The largest absolute Gasteiger partial charge is 0.396 e. The van der Waals surface area contributed by atoms with Crippen molar-refractivity contribution < 1.29 is 9.90 Å². The van der Waals surface area contributed by atoms with E-state index in [4.69, 9.17) is 11.6 Å². The number of aryl methyl sites for hydroxylation is 1. The first-order valence-electron chi connectivity index (χ1n) is 8.59. The van der Waals surface area contributed by atoms with Crippen LogP contribution in [0.3, 0.4) is 0 Å². The minimum Gasteiger partial charge on any atom is -0.396 e. The lowest BCUT2D eigenvalue weighted by Crippen LogP contribution is -2.39. The van der Waals surface area contributed by atoms with Crippen LogP contribution in [0.15, 0.2) is 47.8 Å². The van der Waals surface area contributed by atoms with Gasteiger partial charge in [0.2, 0.25) is 0 Å². The first kappa shape index (κ1) is 19.6. The molecule has 1 atom stereocenters. The number of carbonyl (C=O) groups excluding carboxylic acids is 1. The smallest absolute Gasteiger partial charge is 0.272 e. The SMILES string of the molecule is Cc1cc(C(=O)NC(c2cccs2)C(C)(C)CO)nn1-c1cccc(Cl)c1. The molecule has 0 aliphatic carbocycles. The fourth-order valence-corrected chi connectivity index (χ4v) is 4.03. The second-order valence-electron chi connectivity index (χ2n) is 7.13. The van der Waals surface area contributed by atoms with E-state index in [9.17, 15) is 9.90 Å². The summed E-state index contributed by atoms with van der Waals surface area (Å²) in [6.45, 7) is 5.69. The summed E-state index contributed by atoms with van der Waals surface area (Å²) >= 11 is 7.62. The fourth-order valence-electron chi connectivity index (χ4n) is 2.86. The number of benzene rings is 1. The predicted octanol–water partition coefficient (Wildman–Crippen LogP) is 4.39. The van der Waals surface area contributed by atoms with Gasteiger partial charge in [-0.15, -0.1) is 11.3 Å². The molecule has 142 valence electrons. The normalized spacial score (nSPS) is 12.8. The molecule has 7 heteroatoms. The Morgan fingerprint density at radius 1 is 1.33 bits per heavy atom. The Morgan fingerprint density at radius 3 is 2.74 bits per heavy atom. The number of amides is 1. The number of rotatable bonds is 6. The number of nitrogens with zero attached hydrogens (tertiary/aromatic N) is 2. The number of hydrogen-bond donors (Lipinski definition) is 2. The fraction of sp³-hybridized carbons (Fsp3) is 0.300. The lowest BCUT2D eigenvalue weighted by Gasteiger charge is -2.32. The zero-order chi connectivity index (χ0) is 19.6. The summed E-state index contributed by atoms with van der Waals surface area (Å²) < 4.78 is 1.69.